The molecule has 0 bridgehead atoms. The number of nitrogens with one attached hydrogen (secondary N) is 1. The molecule has 1 aliphatic rings. The predicted molar refractivity (Wildman–Crippen MR) is 191 cm³/mol. The highest BCUT2D eigenvalue weighted by molar-refractivity contribution is 7.98. The average molecular weight is 688 g/mol. The molecular formula is C37H42ClN5O4S. The molecule has 2 N–H and O–H groups in total. The van der Waals surface area contributed by atoms with Gasteiger partial charge in [-0.2, -0.15) is 5.10 Å². The van der Waals surface area contributed by atoms with E-state index in [1.54, 1.807) is 41.1 Å². The van der Waals surface area contributed by atoms with Crippen molar-refractivity contribution in [3.63, 3.8) is 0 Å². The minimum atomic E-state index is -1.05. The molecule has 11 heteroatoms. The number of aromatic nitrogens is 2. The lowest BCUT2D eigenvalue weighted by atomic mass is 9.97. The summed E-state index contributed by atoms with van der Waals surface area (Å²) in [6.07, 6.45) is 4.90. The summed E-state index contributed by atoms with van der Waals surface area (Å²) in [5.74, 6) is -1.000. The molecule has 0 aliphatic carbocycles. The van der Waals surface area contributed by atoms with Gasteiger partial charge in [0.05, 0.1) is 21.8 Å². The van der Waals surface area contributed by atoms with Crippen LogP contribution >= 0.6 is 23.4 Å². The van der Waals surface area contributed by atoms with Crippen molar-refractivity contribution >= 4 is 46.8 Å². The van der Waals surface area contributed by atoms with Crippen molar-refractivity contribution in [1.82, 2.24) is 19.6 Å². The normalized spacial score (nSPS) is 14.0. The van der Waals surface area contributed by atoms with Crippen LogP contribution in [0.4, 0.5) is 5.69 Å². The van der Waals surface area contributed by atoms with Crippen LogP contribution in [0.1, 0.15) is 87.6 Å². The summed E-state index contributed by atoms with van der Waals surface area (Å²) in [6.45, 7) is 7.55. The van der Waals surface area contributed by atoms with E-state index in [0.717, 1.165) is 41.7 Å². The molecule has 48 heavy (non-hydrogen) atoms. The maximum Gasteiger partial charge on any atom is 0.274 e. The first-order chi connectivity index (χ1) is 23.1. The number of fused-ring (bicyclic) bond motifs is 1. The zero-order chi connectivity index (χ0) is 34.4. The van der Waals surface area contributed by atoms with Crippen molar-refractivity contribution in [2.75, 3.05) is 24.7 Å². The number of aryl methyl sites for hydroxylation is 1. The maximum absolute atomic E-state index is 14.4. The number of unbranched alkanes of at least 4 members (excludes halogenated alkanes) is 2. The third kappa shape index (κ3) is 7.77. The molecule has 0 radical (unpaired) electrons. The second kappa shape index (κ2) is 15.9. The molecule has 1 unspecified atom stereocenters. The van der Waals surface area contributed by atoms with Crippen LogP contribution in [-0.4, -0.2) is 68.0 Å². The Balaban J connectivity index is 1.54. The molecule has 4 aromatic rings. The third-order valence-corrected chi connectivity index (χ3v) is 9.63. The molecule has 5 rings (SSSR count). The SMILES string of the molecule is CCCCN(CCCC)C(=O)c1cc(C)n(-c2ccc(NC(=O)c3cc(SC)ccc3Cl)cc2C(=O)N2Cc3ccccc3CC2O)n1. The molecule has 9 nitrogen and oxygen atoms in total. The van der Waals surface area contributed by atoms with Gasteiger partial charge in [0.25, 0.3) is 17.7 Å². The fourth-order valence-corrected chi connectivity index (χ4v) is 6.48. The van der Waals surface area contributed by atoms with Gasteiger partial charge in [0.1, 0.15) is 6.23 Å². The summed E-state index contributed by atoms with van der Waals surface area (Å²) >= 11 is 7.88. The van der Waals surface area contributed by atoms with Crippen LogP contribution in [0.5, 0.6) is 0 Å². The van der Waals surface area contributed by atoms with E-state index in [-0.39, 0.29) is 18.0 Å². The maximum atomic E-state index is 14.4. The number of halogens is 1. The van der Waals surface area contributed by atoms with Crippen LogP contribution in [0.25, 0.3) is 5.69 Å². The average Bonchev–Trinajstić information content (AvgIpc) is 3.48. The first kappa shape index (κ1) is 35.2. The zero-order valence-electron chi connectivity index (χ0n) is 27.8. The number of hydrogen-bond acceptors (Lipinski definition) is 6. The van der Waals surface area contributed by atoms with Gasteiger partial charge in [0, 0.05) is 42.3 Å². The van der Waals surface area contributed by atoms with Gasteiger partial charge >= 0.3 is 0 Å². The number of aliphatic hydroxyl groups is 1. The van der Waals surface area contributed by atoms with E-state index in [9.17, 15) is 19.5 Å². The zero-order valence-corrected chi connectivity index (χ0v) is 29.4. The van der Waals surface area contributed by atoms with E-state index in [1.165, 1.54) is 16.7 Å². The number of anilines is 1. The molecule has 3 aromatic carbocycles. The Labute approximate surface area is 291 Å². The minimum absolute atomic E-state index is 0.150. The molecule has 1 aromatic heterocycles. The van der Waals surface area contributed by atoms with Gasteiger partial charge in [-0.1, -0.05) is 62.6 Å². The molecule has 3 amide bonds. The van der Waals surface area contributed by atoms with Gasteiger partial charge in [-0.05, 0) is 79.6 Å². The molecule has 0 saturated heterocycles. The van der Waals surface area contributed by atoms with Gasteiger partial charge in [-0.3, -0.25) is 14.4 Å². The van der Waals surface area contributed by atoms with Crippen molar-refractivity contribution in [1.29, 1.82) is 0 Å². The first-order valence-corrected chi connectivity index (χ1v) is 18.0. The largest absolute Gasteiger partial charge is 0.373 e. The molecule has 0 saturated carbocycles. The number of hydrogen-bond donors (Lipinski definition) is 2. The number of benzene rings is 3. The Morgan fingerprint density at radius 2 is 1.69 bits per heavy atom. The Hall–Kier alpha value is -4.12. The molecule has 252 valence electrons. The number of carbonyl (C=O) groups is 3. The van der Waals surface area contributed by atoms with Crippen LogP contribution in [0.2, 0.25) is 5.02 Å². The van der Waals surface area contributed by atoms with Crippen molar-refractivity contribution in [2.24, 2.45) is 0 Å². The summed E-state index contributed by atoms with van der Waals surface area (Å²) < 4.78 is 1.59. The molecule has 1 atom stereocenters. The number of thioether (sulfide) groups is 1. The van der Waals surface area contributed by atoms with Crippen LogP contribution in [0.15, 0.2) is 71.6 Å². The predicted octanol–water partition coefficient (Wildman–Crippen LogP) is 7.37. The van der Waals surface area contributed by atoms with E-state index in [2.05, 4.69) is 19.2 Å². The third-order valence-electron chi connectivity index (χ3n) is 8.57. The highest BCUT2D eigenvalue weighted by atomic mass is 35.5. The second-order valence-corrected chi connectivity index (χ2v) is 13.3. The van der Waals surface area contributed by atoms with Crippen molar-refractivity contribution < 1.29 is 19.5 Å². The van der Waals surface area contributed by atoms with Crippen LogP contribution < -0.4 is 5.32 Å². The molecule has 2 heterocycles. The monoisotopic (exact) mass is 687 g/mol. The number of aliphatic hydroxyl groups excluding tert-OH is 1. The second-order valence-electron chi connectivity index (χ2n) is 12.0. The van der Waals surface area contributed by atoms with Crippen LogP contribution in [0.3, 0.4) is 0 Å². The molecule has 0 spiro atoms. The summed E-state index contributed by atoms with van der Waals surface area (Å²) in [7, 11) is 0. The summed E-state index contributed by atoms with van der Waals surface area (Å²) in [4.78, 5) is 45.6. The number of amides is 3. The fourth-order valence-electron chi connectivity index (χ4n) is 5.84. The van der Waals surface area contributed by atoms with Gasteiger partial charge in [-0.25, -0.2) is 4.68 Å². The fraction of sp³-hybridized carbons (Fsp3) is 0.351. The summed E-state index contributed by atoms with van der Waals surface area (Å²) in [5.41, 5.74) is 4.23. The van der Waals surface area contributed by atoms with Crippen molar-refractivity contribution in [2.45, 2.75) is 70.5 Å². The van der Waals surface area contributed by atoms with E-state index in [1.807, 2.05) is 48.4 Å². The highest BCUT2D eigenvalue weighted by Crippen LogP contribution is 2.29. The number of rotatable bonds is 12. The molecule has 1 aliphatic heterocycles. The summed E-state index contributed by atoms with van der Waals surface area (Å²) in [5, 5.41) is 19.0. The van der Waals surface area contributed by atoms with E-state index in [0.29, 0.717) is 52.9 Å². The van der Waals surface area contributed by atoms with Crippen LogP contribution in [-0.2, 0) is 13.0 Å². The quantitative estimate of drug-likeness (QED) is 0.151. The van der Waals surface area contributed by atoms with Gasteiger partial charge in [-0.15, -0.1) is 11.8 Å². The number of carbonyl (C=O) groups excluding carboxylic acids is 3. The minimum Gasteiger partial charge on any atom is -0.373 e. The number of nitrogens with zero attached hydrogens (tertiary/aromatic N) is 4. The van der Waals surface area contributed by atoms with E-state index in [4.69, 9.17) is 16.7 Å². The topological polar surface area (TPSA) is 108 Å². The van der Waals surface area contributed by atoms with E-state index >= 15 is 0 Å². The lowest BCUT2D eigenvalue weighted by Crippen LogP contribution is -2.44. The van der Waals surface area contributed by atoms with Gasteiger partial charge < -0.3 is 20.2 Å². The lowest BCUT2D eigenvalue weighted by Gasteiger charge is -2.34. The lowest BCUT2D eigenvalue weighted by molar-refractivity contribution is -0.00172. The Morgan fingerprint density at radius 1 is 0.979 bits per heavy atom. The van der Waals surface area contributed by atoms with E-state index < -0.39 is 18.0 Å². The Morgan fingerprint density at radius 3 is 2.38 bits per heavy atom. The van der Waals surface area contributed by atoms with Gasteiger partial charge in [0.15, 0.2) is 5.69 Å². The standard InChI is InChI=1S/C37H42ClN5O4S/c1-5-7-17-41(18-8-6-2)37(47)32-19-24(3)43(40-32)33-16-13-27(39-35(45)29-22-28(48-4)14-15-31(29)38)21-30(33)36(46)42-23-26-12-10-9-11-25(26)20-34(42)44/h9-16,19,21-22,34,44H,5-8,17-18,20,23H2,1-4H3,(H,39,45). The highest BCUT2D eigenvalue weighted by Gasteiger charge is 2.31. The molecule has 0 fully saturated rings. The Bertz CT molecular complexity index is 1800. The van der Waals surface area contributed by atoms with Gasteiger partial charge in [0.2, 0.25) is 0 Å². The van der Waals surface area contributed by atoms with Crippen LogP contribution in [0, 0.1) is 6.92 Å². The Kier molecular flexibility index (Phi) is 11.6. The first-order valence-electron chi connectivity index (χ1n) is 16.4. The smallest absolute Gasteiger partial charge is 0.274 e. The van der Waals surface area contributed by atoms with Crippen molar-refractivity contribution in [3.8, 4) is 5.69 Å². The molecular weight excluding hydrogens is 646 g/mol. The van der Waals surface area contributed by atoms with Crippen molar-refractivity contribution in [3.05, 3.63) is 105 Å². The summed E-state index contributed by atoms with van der Waals surface area (Å²) in [6, 6.07) is 19.7.